The van der Waals surface area contributed by atoms with Crippen LogP contribution in [0.25, 0.3) is 0 Å². The monoisotopic (exact) mass is 319 g/mol. The minimum absolute atomic E-state index is 0.287. The SMILES string of the molecule is Cc1cccc(C)c1OCC(C)NC1CCC(CC(=O)O)CC1. The number of aliphatic carboxylic acids is 1. The molecule has 1 aliphatic rings. The normalized spacial score (nSPS) is 22.6. The van der Waals surface area contributed by atoms with Crippen LogP contribution < -0.4 is 10.1 Å². The van der Waals surface area contributed by atoms with Crippen molar-refractivity contribution in [1.82, 2.24) is 5.32 Å². The van der Waals surface area contributed by atoms with Crippen LogP contribution in [-0.4, -0.2) is 29.8 Å². The Kier molecular flexibility index (Phi) is 6.46. The van der Waals surface area contributed by atoms with Crippen molar-refractivity contribution in [2.24, 2.45) is 5.92 Å². The molecule has 0 bridgehead atoms. The van der Waals surface area contributed by atoms with E-state index < -0.39 is 5.97 Å². The highest BCUT2D eigenvalue weighted by Gasteiger charge is 2.23. The van der Waals surface area contributed by atoms with Gasteiger partial charge in [0.05, 0.1) is 0 Å². The van der Waals surface area contributed by atoms with E-state index in [0.717, 1.165) is 31.4 Å². The Morgan fingerprint density at radius 1 is 1.26 bits per heavy atom. The van der Waals surface area contributed by atoms with Gasteiger partial charge in [-0.05, 0) is 63.5 Å². The number of ether oxygens (including phenoxy) is 1. The molecule has 1 unspecified atom stereocenters. The summed E-state index contributed by atoms with van der Waals surface area (Å²) < 4.78 is 6.00. The molecule has 4 heteroatoms. The molecule has 2 rings (SSSR count). The molecule has 4 nitrogen and oxygen atoms in total. The molecule has 1 atom stereocenters. The molecule has 1 saturated carbocycles. The summed E-state index contributed by atoms with van der Waals surface area (Å²) in [6.07, 6.45) is 4.46. The maximum Gasteiger partial charge on any atom is 0.303 e. The topological polar surface area (TPSA) is 58.6 Å². The molecule has 0 saturated heterocycles. The van der Waals surface area contributed by atoms with Crippen LogP contribution in [0.4, 0.5) is 0 Å². The van der Waals surface area contributed by atoms with Crippen molar-refractivity contribution in [3.63, 3.8) is 0 Å². The molecule has 0 amide bonds. The van der Waals surface area contributed by atoms with E-state index in [1.165, 1.54) is 11.1 Å². The number of hydrogen-bond donors (Lipinski definition) is 2. The van der Waals surface area contributed by atoms with Gasteiger partial charge >= 0.3 is 5.97 Å². The molecular formula is C19H29NO3. The molecule has 23 heavy (non-hydrogen) atoms. The van der Waals surface area contributed by atoms with Gasteiger partial charge in [0.15, 0.2) is 0 Å². The quantitative estimate of drug-likeness (QED) is 0.804. The van der Waals surface area contributed by atoms with E-state index in [4.69, 9.17) is 9.84 Å². The van der Waals surface area contributed by atoms with Gasteiger partial charge < -0.3 is 15.2 Å². The Hall–Kier alpha value is -1.55. The first-order chi connectivity index (χ1) is 11.0. The highest BCUT2D eigenvalue weighted by molar-refractivity contribution is 5.67. The van der Waals surface area contributed by atoms with Gasteiger partial charge in [0, 0.05) is 18.5 Å². The van der Waals surface area contributed by atoms with Crippen molar-refractivity contribution in [1.29, 1.82) is 0 Å². The molecule has 0 heterocycles. The molecule has 0 aliphatic heterocycles. The molecule has 0 spiro atoms. The van der Waals surface area contributed by atoms with Crippen molar-refractivity contribution >= 4 is 5.97 Å². The number of benzene rings is 1. The van der Waals surface area contributed by atoms with Gasteiger partial charge in [-0.1, -0.05) is 18.2 Å². The molecular weight excluding hydrogens is 290 g/mol. The van der Waals surface area contributed by atoms with E-state index in [1.807, 2.05) is 0 Å². The molecule has 1 aromatic carbocycles. The van der Waals surface area contributed by atoms with E-state index >= 15 is 0 Å². The fourth-order valence-electron chi connectivity index (χ4n) is 3.47. The minimum Gasteiger partial charge on any atom is -0.491 e. The molecule has 2 N–H and O–H groups in total. The Morgan fingerprint density at radius 3 is 2.43 bits per heavy atom. The van der Waals surface area contributed by atoms with E-state index in [0.29, 0.717) is 25.0 Å². The van der Waals surface area contributed by atoms with E-state index in [-0.39, 0.29) is 6.04 Å². The predicted molar refractivity (Wildman–Crippen MR) is 92.0 cm³/mol. The summed E-state index contributed by atoms with van der Waals surface area (Å²) in [5, 5.41) is 12.5. The summed E-state index contributed by atoms with van der Waals surface area (Å²) in [4.78, 5) is 10.8. The largest absolute Gasteiger partial charge is 0.491 e. The number of rotatable bonds is 7. The van der Waals surface area contributed by atoms with Gasteiger partial charge in [0.1, 0.15) is 12.4 Å². The van der Waals surface area contributed by atoms with Crippen molar-refractivity contribution in [3.8, 4) is 5.75 Å². The summed E-state index contributed by atoms with van der Waals surface area (Å²) in [5.74, 6) is 0.676. The van der Waals surface area contributed by atoms with E-state index in [9.17, 15) is 4.79 Å². The Labute approximate surface area is 139 Å². The lowest BCUT2D eigenvalue weighted by Crippen LogP contribution is -2.42. The second-order valence-corrected chi connectivity index (χ2v) is 6.92. The number of carbonyl (C=O) groups is 1. The number of hydrogen-bond acceptors (Lipinski definition) is 3. The highest BCUT2D eigenvalue weighted by atomic mass is 16.5. The van der Waals surface area contributed by atoms with Crippen molar-refractivity contribution in [3.05, 3.63) is 29.3 Å². The molecule has 0 radical (unpaired) electrons. The Bertz CT molecular complexity index is 501. The first kappa shape index (κ1) is 17.8. The third kappa shape index (κ3) is 5.54. The smallest absolute Gasteiger partial charge is 0.303 e. The molecule has 1 fully saturated rings. The van der Waals surface area contributed by atoms with Crippen LogP contribution in [0, 0.1) is 19.8 Å². The van der Waals surface area contributed by atoms with Crippen molar-refractivity contribution in [2.75, 3.05) is 6.61 Å². The van der Waals surface area contributed by atoms with Gasteiger partial charge in [0.2, 0.25) is 0 Å². The zero-order valence-electron chi connectivity index (χ0n) is 14.5. The fourth-order valence-corrected chi connectivity index (χ4v) is 3.47. The third-order valence-electron chi connectivity index (χ3n) is 4.72. The number of carboxylic acid groups (broad SMARTS) is 1. The van der Waals surface area contributed by atoms with Gasteiger partial charge in [0.25, 0.3) is 0 Å². The van der Waals surface area contributed by atoms with E-state index in [2.05, 4.69) is 44.3 Å². The summed E-state index contributed by atoms with van der Waals surface area (Å²) in [5.41, 5.74) is 2.35. The van der Waals surface area contributed by atoms with Crippen LogP contribution in [0.5, 0.6) is 5.75 Å². The lowest BCUT2D eigenvalue weighted by Gasteiger charge is -2.30. The van der Waals surface area contributed by atoms with Crippen molar-refractivity contribution < 1.29 is 14.6 Å². The molecule has 1 aromatic rings. The second-order valence-electron chi connectivity index (χ2n) is 6.92. The van der Waals surface area contributed by atoms with Crippen LogP contribution in [-0.2, 0) is 4.79 Å². The lowest BCUT2D eigenvalue weighted by molar-refractivity contribution is -0.138. The maximum atomic E-state index is 10.8. The van der Waals surface area contributed by atoms with E-state index in [1.54, 1.807) is 0 Å². The first-order valence-electron chi connectivity index (χ1n) is 8.62. The number of para-hydroxylation sites is 1. The zero-order chi connectivity index (χ0) is 16.8. The number of nitrogens with one attached hydrogen (secondary N) is 1. The predicted octanol–water partition coefficient (Wildman–Crippen LogP) is 3.69. The summed E-state index contributed by atoms with van der Waals surface area (Å²) in [6.45, 7) is 6.95. The van der Waals surface area contributed by atoms with Crippen LogP contribution >= 0.6 is 0 Å². The zero-order valence-corrected chi connectivity index (χ0v) is 14.5. The number of carboxylic acids is 1. The van der Waals surface area contributed by atoms with Gasteiger partial charge in [-0.25, -0.2) is 0 Å². The molecule has 0 aromatic heterocycles. The maximum absolute atomic E-state index is 10.8. The third-order valence-corrected chi connectivity index (χ3v) is 4.72. The average molecular weight is 319 g/mol. The summed E-state index contributed by atoms with van der Waals surface area (Å²) in [6, 6.07) is 6.97. The van der Waals surface area contributed by atoms with Gasteiger partial charge in [-0.15, -0.1) is 0 Å². The average Bonchev–Trinajstić information content (AvgIpc) is 2.48. The Balaban J connectivity index is 1.73. The fraction of sp³-hybridized carbons (Fsp3) is 0.632. The van der Waals surface area contributed by atoms with Crippen LogP contribution in [0.3, 0.4) is 0 Å². The van der Waals surface area contributed by atoms with Crippen molar-refractivity contribution in [2.45, 2.75) is 65.0 Å². The Morgan fingerprint density at radius 2 is 1.87 bits per heavy atom. The van der Waals surface area contributed by atoms with Gasteiger partial charge in [-0.2, -0.15) is 0 Å². The standard InChI is InChI=1S/C19H29NO3/c1-13-5-4-6-14(2)19(13)23-12-15(3)20-17-9-7-16(8-10-17)11-18(21)22/h4-6,15-17,20H,7-12H2,1-3H3,(H,21,22). The lowest BCUT2D eigenvalue weighted by atomic mass is 9.84. The molecule has 1 aliphatic carbocycles. The van der Waals surface area contributed by atoms with Crippen LogP contribution in [0.2, 0.25) is 0 Å². The number of aryl methyl sites for hydroxylation is 2. The van der Waals surface area contributed by atoms with Gasteiger partial charge in [-0.3, -0.25) is 4.79 Å². The minimum atomic E-state index is -0.670. The second kappa shape index (κ2) is 8.34. The summed E-state index contributed by atoms with van der Waals surface area (Å²) in [7, 11) is 0. The first-order valence-corrected chi connectivity index (χ1v) is 8.62. The highest BCUT2D eigenvalue weighted by Crippen LogP contribution is 2.27. The van der Waals surface area contributed by atoms with Crippen LogP contribution in [0.1, 0.15) is 50.2 Å². The summed E-state index contributed by atoms with van der Waals surface area (Å²) >= 11 is 0. The van der Waals surface area contributed by atoms with Crippen LogP contribution in [0.15, 0.2) is 18.2 Å². The molecule has 128 valence electrons.